The van der Waals surface area contributed by atoms with Crippen molar-refractivity contribution < 1.29 is 17.9 Å². The van der Waals surface area contributed by atoms with Gasteiger partial charge in [0.05, 0.1) is 28.9 Å². The summed E-state index contributed by atoms with van der Waals surface area (Å²) in [7, 11) is -0.705. The summed E-state index contributed by atoms with van der Waals surface area (Å²) < 4.78 is 31.1. The van der Waals surface area contributed by atoms with E-state index in [-0.39, 0.29) is 10.8 Å². The Morgan fingerprint density at radius 1 is 1.33 bits per heavy atom. The van der Waals surface area contributed by atoms with Crippen molar-refractivity contribution in [2.75, 3.05) is 37.9 Å². The summed E-state index contributed by atoms with van der Waals surface area (Å²) in [5.41, 5.74) is 6.77. The quantitative estimate of drug-likeness (QED) is 0.457. The number of hydrogen-bond acceptors (Lipinski definition) is 6. The van der Waals surface area contributed by atoms with E-state index in [1.54, 1.807) is 13.2 Å². The van der Waals surface area contributed by atoms with Crippen LogP contribution in [-0.2, 0) is 19.6 Å². The molecule has 0 spiro atoms. The van der Waals surface area contributed by atoms with Crippen LogP contribution in [0.2, 0.25) is 0 Å². The Morgan fingerprint density at radius 3 is 2.62 bits per heavy atom. The maximum atomic E-state index is 12.2. The van der Waals surface area contributed by atoms with E-state index in [4.69, 9.17) is 10.5 Å². The number of carbonyl (C=O) groups is 1. The first-order valence-electron chi connectivity index (χ1n) is 7.72. The van der Waals surface area contributed by atoms with E-state index in [2.05, 4.69) is 15.4 Å². The Morgan fingerprint density at radius 2 is 2.04 bits per heavy atom. The Kier molecular flexibility index (Phi) is 8.13. The van der Waals surface area contributed by atoms with Crippen LogP contribution >= 0.6 is 0 Å². The van der Waals surface area contributed by atoms with E-state index in [1.807, 2.05) is 6.92 Å². The molecule has 0 aliphatic carbocycles. The summed E-state index contributed by atoms with van der Waals surface area (Å²) in [5, 5.41) is 5.79. The summed E-state index contributed by atoms with van der Waals surface area (Å²) in [6, 6.07) is 3.81. The number of nitrogens with two attached hydrogens (primary N) is 1. The van der Waals surface area contributed by atoms with Crippen LogP contribution in [0.5, 0.6) is 0 Å². The Labute approximate surface area is 143 Å². The molecular weight excluding hydrogens is 332 g/mol. The van der Waals surface area contributed by atoms with E-state index < -0.39 is 16.1 Å². The standard InChI is InChI=1S/C15H26N4O4S/c1-4-5-12(16)15(20)19-14-10-11(24(21,22)17-2)6-7-13(14)18-8-9-23-3/h6-7,10,12,17-18H,4-5,8-9,16H2,1-3H3,(H,19,20). The lowest BCUT2D eigenvalue weighted by molar-refractivity contribution is -0.117. The third-order valence-corrected chi connectivity index (χ3v) is 4.80. The second-order valence-electron chi connectivity index (χ2n) is 5.22. The first kappa shape index (κ1) is 20.4. The Bertz CT molecular complexity index is 649. The molecule has 0 saturated heterocycles. The van der Waals surface area contributed by atoms with Crippen LogP contribution in [0.15, 0.2) is 23.1 Å². The van der Waals surface area contributed by atoms with Gasteiger partial charge in [-0.05, 0) is 31.7 Å². The average Bonchev–Trinajstić information content (AvgIpc) is 2.56. The van der Waals surface area contributed by atoms with Gasteiger partial charge in [0, 0.05) is 13.7 Å². The van der Waals surface area contributed by atoms with Gasteiger partial charge in [0.1, 0.15) is 0 Å². The molecule has 1 aromatic carbocycles. The number of amides is 1. The molecule has 0 radical (unpaired) electrons. The molecular formula is C15H26N4O4S. The molecule has 8 nitrogen and oxygen atoms in total. The SMILES string of the molecule is CCCC(N)C(=O)Nc1cc(S(=O)(=O)NC)ccc1NCCOC. The molecule has 5 N–H and O–H groups in total. The van der Waals surface area contributed by atoms with Crippen LogP contribution in [0.1, 0.15) is 19.8 Å². The number of rotatable bonds is 10. The molecule has 0 aromatic heterocycles. The molecule has 0 saturated carbocycles. The van der Waals surface area contributed by atoms with Crippen LogP contribution in [0, 0.1) is 0 Å². The topological polar surface area (TPSA) is 123 Å². The van der Waals surface area contributed by atoms with Gasteiger partial charge in [-0.1, -0.05) is 13.3 Å². The molecule has 24 heavy (non-hydrogen) atoms. The van der Waals surface area contributed by atoms with Gasteiger partial charge in [0.15, 0.2) is 0 Å². The summed E-state index contributed by atoms with van der Waals surface area (Å²) in [6.07, 6.45) is 1.33. The highest BCUT2D eigenvalue weighted by molar-refractivity contribution is 7.89. The number of carbonyl (C=O) groups excluding carboxylic acids is 1. The van der Waals surface area contributed by atoms with Crippen LogP contribution in [0.3, 0.4) is 0 Å². The molecule has 0 aliphatic heterocycles. The zero-order valence-corrected chi connectivity index (χ0v) is 15.1. The van der Waals surface area contributed by atoms with Crippen molar-refractivity contribution in [1.82, 2.24) is 4.72 Å². The van der Waals surface area contributed by atoms with Crippen molar-refractivity contribution in [3.63, 3.8) is 0 Å². The number of nitrogens with one attached hydrogen (secondary N) is 3. The van der Waals surface area contributed by atoms with Crippen molar-refractivity contribution in [2.45, 2.75) is 30.7 Å². The smallest absolute Gasteiger partial charge is 0.241 e. The number of anilines is 2. The van der Waals surface area contributed by atoms with Crippen LogP contribution in [0.4, 0.5) is 11.4 Å². The maximum Gasteiger partial charge on any atom is 0.241 e. The minimum absolute atomic E-state index is 0.0571. The molecule has 1 aromatic rings. The van der Waals surface area contributed by atoms with Gasteiger partial charge in [-0.25, -0.2) is 13.1 Å². The predicted molar refractivity (Wildman–Crippen MR) is 94.6 cm³/mol. The van der Waals surface area contributed by atoms with Gasteiger partial charge in [-0.3, -0.25) is 4.79 Å². The molecule has 0 aliphatic rings. The van der Waals surface area contributed by atoms with Crippen LogP contribution in [-0.4, -0.2) is 47.7 Å². The van der Waals surface area contributed by atoms with E-state index >= 15 is 0 Å². The molecule has 0 fully saturated rings. The van der Waals surface area contributed by atoms with Crippen LogP contribution < -0.4 is 21.1 Å². The molecule has 1 unspecified atom stereocenters. The third kappa shape index (κ3) is 5.75. The fourth-order valence-corrected chi connectivity index (χ4v) is 2.78. The van der Waals surface area contributed by atoms with Gasteiger partial charge in [-0.15, -0.1) is 0 Å². The third-order valence-electron chi connectivity index (χ3n) is 3.39. The number of hydrogen-bond donors (Lipinski definition) is 4. The summed E-state index contributed by atoms with van der Waals surface area (Å²) >= 11 is 0. The summed E-state index contributed by atoms with van der Waals surface area (Å²) in [6.45, 7) is 2.92. The van der Waals surface area contributed by atoms with Crippen molar-refractivity contribution in [1.29, 1.82) is 0 Å². The zero-order valence-electron chi connectivity index (χ0n) is 14.3. The number of methoxy groups -OCH3 is 1. The van der Waals surface area contributed by atoms with Gasteiger partial charge >= 0.3 is 0 Å². The van der Waals surface area contributed by atoms with Gasteiger partial charge in [0.2, 0.25) is 15.9 Å². The van der Waals surface area contributed by atoms with Gasteiger partial charge in [-0.2, -0.15) is 0 Å². The largest absolute Gasteiger partial charge is 0.383 e. The molecule has 9 heteroatoms. The van der Waals surface area contributed by atoms with Gasteiger partial charge < -0.3 is 21.1 Å². The first-order chi connectivity index (χ1) is 11.4. The highest BCUT2D eigenvalue weighted by atomic mass is 32.2. The second kappa shape index (κ2) is 9.58. The van der Waals surface area contributed by atoms with Crippen molar-refractivity contribution >= 4 is 27.3 Å². The van der Waals surface area contributed by atoms with E-state index in [0.29, 0.717) is 30.9 Å². The number of sulfonamides is 1. The Balaban J connectivity index is 3.09. The molecule has 1 atom stereocenters. The highest BCUT2D eigenvalue weighted by Gasteiger charge is 2.18. The molecule has 1 rings (SSSR count). The lowest BCUT2D eigenvalue weighted by atomic mass is 10.1. The monoisotopic (exact) mass is 358 g/mol. The lowest BCUT2D eigenvalue weighted by Gasteiger charge is -2.17. The molecule has 0 bridgehead atoms. The zero-order chi connectivity index (χ0) is 18.2. The fourth-order valence-electron chi connectivity index (χ4n) is 2.02. The Hall–Kier alpha value is -1.68. The van der Waals surface area contributed by atoms with Crippen molar-refractivity contribution in [3.8, 4) is 0 Å². The number of ether oxygens (including phenoxy) is 1. The minimum atomic E-state index is -3.61. The maximum absolute atomic E-state index is 12.2. The van der Waals surface area contributed by atoms with Crippen LogP contribution in [0.25, 0.3) is 0 Å². The minimum Gasteiger partial charge on any atom is -0.383 e. The summed E-state index contributed by atoms with van der Waals surface area (Å²) in [5.74, 6) is -0.356. The summed E-state index contributed by atoms with van der Waals surface area (Å²) in [4.78, 5) is 12.2. The second-order valence-corrected chi connectivity index (χ2v) is 7.11. The predicted octanol–water partition coefficient (Wildman–Crippen LogP) is 0.719. The highest BCUT2D eigenvalue weighted by Crippen LogP contribution is 2.25. The molecule has 136 valence electrons. The molecule has 0 heterocycles. The van der Waals surface area contributed by atoms with E-state index in [0.717, 1.165) is 6.42 Å². The lowest BCUT2D eigenvalue weighted by Crippen LogP contribution is -2.35. The first-order valence-corrected chi connectivity index (χ1v) is 9.20. The molecule has 1 amide bonds. The van der Waals surface area contributed by atoms with E-state index in [1.165, 1.54) is 19.2 Å². The van der Waals surface area contributed by atoms with Crippen molar-refractivity contribution in [3.05, 3.63) is 18.2 Å². The van der Waals surface area contributed by atoms with Crippen molar-refractivity contribution in [2.24, 2.45) is 5.73 Å². The van der Waals surface area contributed by atoms with Gasteiger partial charge in [0.25, 0.3) is 0 Å². The average molecular weight is 358 g/mol. The number of benzene rings is 1. The fraction of sp³-hybridized carbons (Fsp3) is 0.533. The van der Waals surface area contributed by atoms with E-state index in [9.17, 15) is 13.2 Å². The normalized spacial score (nSPS) is 12.7.